The van der Waals surface area contributed by atoms with Crippen LogP contribution in [0.15, 0.2) is 47.4 Å². The minimum absolute atomic E-state index is 0.0805. The summed E-state index contributed by atoms with van der Waals surface area (Å²) in [5, 5.41) is 20.8. The number of H-pyrrole nitrogens is 1. The molecule has 0 aliphatic carbocycles. The first-order chi connectivity index (χ1) is 13.7. The minimum Gasteiger partial charge on any atom is -0.286 e. The molecule has 1 saturated heterocycles. The number of thioether (sulfide) groups is 1. The molecule has 1 aliphatic heterocycles. The van der Waals surface area contributed by atoms with Crippen molar-refractivity contribution in [2.24, 2.45) is 5.14 Å². The Bertz CT molecular complexity index is 1230. The van der Waals surface area contributed by atoms with E-state index in [4.69, 9.17) is 5.14 Å². The second kappa shape index (κ2) is 6.76. The lowest BCUT2D eigenvalue weighted by molar-refractivity contribution is -0.121. The van der Waals surface area contributed by atoms with Gasteiger partial charge in [0.25, 0.3) is 5.24 Å². The van der Waals surface area contributed by atoms with E-state index < -0.39 is 20.0 Å². The summed E-state index contributed by atoms with van der Waals surface area (Å²) >= 11 is 0.910. The predicted molar refractivity (Wildman–Crippen MR) is 105 cm³/mol. The van der Waals surface area contributed by atoms with Gasteiger partial charge in [0.05, 0.1) is 10.5 Å². The number of amides is 2. The number of rotatable bonds is 4. The summed E-state index contributed by atoms with van der Waals surface area (Å²) in [6.45, 7) is 1.67. The average molecular weight is 430 g/mol. The normalized spacial score (nSPS) is 19.4. The molecule has 4 rings (SSSR count). The van der Waals surface area contributed by atoms with Gasteiger partial charge in [-0.25, -0.2) is 13.6 Å². The molecule has 0 bridgehead atoms. The fourth-order valence-electron chi connectivity index (χ4n) is 3.13. The third-order valence-corrected chi connectivity index (χ3v) is 6.66. The molecule has 29 heavy (non-hydrogen) atoms. The highest BCUT2D eigenvalue weighted by Gasteiger charge is 2.45. The lowest BCUT2D eigenvalue weighted by Crippen LogP contribution is -2.31. The molecular formula is C17H14N6O4S2. The third-order valence-electron chi connectivity index (χ3n) is 4.59. The second-order valence-corrected chi connectivity index (χ2v) is 9.33. The van der Waals surface area contributed by atoms with Gasteiger partial charge in [-0.3, -0.25) is 14.9 Å². The first-order valence-electron chi connectivity index (χ1n) is 8.25. The van der Waals surface area contributed by atoms with Crippen molar-refractivity contribution >= 4 is 32.9 Å². The van der Waals surface area contributed by atoms with E-state index in [-0.39, 0.29) is 22.2 Å². The van der Waals surface area contributed by atoms with E-state index in [1.807, 2.05) is 0 Å². The Labute approximate surface area is 169 Å². The van der Waals surface area contributed by atoms with Crippen LogP contribution in [0.3, 0.4) is 0 Å². The monoisotopic (exact) mass is 430 g/mol. The molecule has 1 atom stereocenters. The summed E-state index contributed by atoms with van der Waals surface area (Å²) in [4.78, 5) is 23.6. The Balaban J connectivity index is 1.84. The highest BCUT2D eigenvalue weighted by molar-refractivity contribution is 8.15. The zero-order chi connectivity index (χ0) is 20.8. The summed E-state index contributed by atoms with van der Waals surface area (Å²) in [5.41, 5.74) is 2.02. The number of hydrogen-bond acceptors (Lipinski definition) is 8. The number of tetrazole rings is 1. The van der Waals surface area contributed by atoms with E-state index in [1.54, 1.807) is 43.3 Å². The highest BCUT2D eigenvalue weighted by atomic mass is 32.2. The molecule has 3 aromatic rings. The number of aromatic nitrogens is 4. The van der Waals surface area contributed by atoms with Gasteiger partial charge in [-0.2, -0.15) is 5.21 Å². The van der Waals surface area contributed by atoms with Crippen molar-refractivity contribution in [1.29, 1.82) is 0 Å². The zero-order valence-corrected chi connectivity index (χ0v) is 16.5. The molecule has 4 N–H and O–H groups in total. The zero-order valence-electron chi connectivity index (χ0n) is 14.9. The Kier molecular flexibility index (Phi) is 4.48. The summed E-state index contributed by atoms with van der Waals surface area (Å²) in [7, 11) is -4.05. The maximum absolute atomic E-state index is 12.2. The quantitative estimate of drug-likeness (QED) is 0.559. The number of aromatic amines is 1. The minimum atomic E-state index is -4.05. The summed E-state index contributed by atoms with van der Waals surface area (Å²) < 4.78 is 23.1. The largest absolute Gasteiger partial charge is 0.287 e. The van der Waals surface area contributed by atoms with Gasteiger partial charge in [0, 0.05) is 0 Å². The predicted octanol–water partition coefficient (Wildman–Crippen LogP) is 1.38. The Hall–Kier alpha value is -3.09. The number of nitrogens with zero attached hydrogens (tertiary/aromatic N) is 3. The van der Waals surface area contributed by atoms with Crippen LogP contribution in [0.2, 0.25) is 0 Å². The van der Waals surface area contributed by atoms with Crippen LogP contribution in [-0.4, -0.2) is 40.2 Å². The van der Waals surface area contributed by atoms with Crippen molar-refractivity contribution in [1.82, 2.24) is 25.9 Å². The van der Waals surface area contributed by atoms with Crippen molar-refractivity contribution in [3.63, 3.8) is 0 Å². The molecule has 0 radical (unpaired) electrons. The molecule has 2 heterocycles. The molecule has 0 spiro atoms. The number of nitrogens with two attached hydrogens (primary N) is 1. The molecule has 2 aromatic carbocycles. The van der Waals surface area contributed by atoms with E-state index in [0.29, 0.717) is 16.7 Å². The summed E-state index contributed by atoms with van der Waals surface area (Å²) in [5.74, 6) is -0.305. The van der Waals surface area contributed by atoms with Gasteiger partial charge < -0.3 is 0 Å². The van der Waals surface area contributed by atoms with Crippen LogP contribution in [0.5, 0.6) is 0 Å². The van der Waals surface area contributed by atoms with Crippen LogP contribution in [0.4, 0.5) is 4.79 Å². The average Bonchev–Trinajstić information content (AvgIpc) is 3.29. The molecule has 0 saturated carbocycles. The standard InChI is InChI=1S/C17H14N6O4S2/c1-17(15(24)19-16(25)28-17)10-7-5-9(6-8-10)11-3-2-4-12(29(18,26)27)13(11)14-20-22-23-21-14/h2-8H,1H3,(H2,18,26,27)(H,19,24,25)(H,20,21,22,23). The van der Waals surface area contributed by atoms with Crippen molar-refractivity contribution in [2.45, 2.75) is 16.6 Å². The van der Waals surface area contributed by atoms with Gasteiger partial charge in [0.1, 0.15) is 4.75 Å². The van der Waals surface area contributed by atoms with Gasteiger partial charge in [-0.15, -0.1) is 10.2 Å². The molecule has 2 amide bonds. The van der Waals surface area contributed by atoms with Crippen molar-refractivity contribution < 1.29 is 18.0 Å². The van der Waals surface area contributed by atoms with E-state index >= 15 is 0 Å². The van der Waals surface area contributed by atoms with Crippen LogP contribution in [-0.2, 0) is 19.6 Å². The van der Waals surface area contributed by atoms with Crippen LogP contribution in [0.25, 0.3) is 22.5 Å². The number of carbonyl (C=O) groups excluding carboxylic acids is 2. The Morgan fingerprint density at radius 2 is 1.83 bits per heavy atom. The van der Waals surface area contributed by atoms with E-state index in [1.165, 1.54) is 6.07 Å². The first-order valence-corrected chi connectivity index (χ1v) is 10.6. The number of benzene rings is 2. The summed E-state index contributed by atoms with van der Waals surface area (Å²) in [6, 6.07) is 11.5. The van der Waals surface area contributed by atoms with Crippen LogP contribution >= 0.6 is 11.8 Å². The Morgan fingerprint density at radius 1 is 1.10 bits per heavy atom. The molecule has 148 valence electrons. The van der Waals surface area contributed by atoms with Crippen LogP contribution in [0, 0.1) is 0 Å². The fourth-order valence-corrected chi connectivity index (χ4v) is 4.80. The van der Waals surface area contributed by atoms with Gasteiger partial charge >= 0.3 is 0 Å². The number of sulfonamides is 1. The molecule has 12 heteroatoms. The highest BCUT2D eigenvalue weighted by Crippen LogP contribution is 2.42. The van der Waals surface area contributed by atoms with Crippen molar-refractivity contribution in [3.05, 3.63) is 48.0 Å². The topological polar surface area (TPSA) is 161 Å². The van der Waals surface area contributed by atoms with Gasteiger partial charge in [0.2, 0.25) is 21.8 Å². The SMILES string of the molecule is CC1(c2ccc(-c3cccc(S(N)(=O)=O)c3-c3nn[nH]n3)cc2)SC(=O)NC1=O. The lowest BCUT2D eigenvalue weighted by atomic mass is 9.94. The molecule has 1 aromatic heterocycles. The van der Waals surface area contributed by atoms with Crippen LogP contribution in [0.1, 0.15) is 12.5 Å². The molecule has 1 aliphatic rings. The lowest BCUT2D eigenvalue weighted by Gasteiger charge is -2.19. The van der Waals surface area contributed by atoms with Gasteiger partial charge in [0.15, 0.2) is 0 Å². The third kappa shape index (κ3) is 3.30. The summed E-state index contributed by atoms with van der Waals surface area (Å²) in [6.07, 6.45) is 0. The number of carbonyl (C=O) groups is 2. The molecule has 1 fully saturated rings. The molecule has 1 unspecified atom stereocenters. The van der Waals surface area contributed by atoms with Crippen LogP contribution < -0.4 is 10.5 Å². The molecule has 10 nitrogen and oxygen atoms in total. The van der Waals surface area contributed by atoms with Gasteiger partial charge in [-0.05, 0) is 46.7 Å². The number of hydrogen-bond donors (Lipinski definition) is 3. The number of primary sulfonamides is 1. The smallest absolute Gasteiger partial charge is 0.286 e. The first kappa shape index (κ1) is 19.2. The fraction of sp³-hybridized carbons (Fsp3) is 0.118. The van der Waals surface area contributed by atoms with Crippen molar-refractivity contribution in [2.75, 3.05) is 0 Å². The molecular weight excluding hydrogens is 416 g/mol. The van der Waals surface area contributed by atoms with E-state index in [0.717, 1.165) is 11.8 Å². The van der Waals surface area contributed by atoms with E-state index in [2.05, 4.69) is 25.9 Å². The van der Waals surface area contributed by atoms with Gasteiger partial charge in [-0.1, -0.05) is 36.4 Å². The Morgan fingerprint density at radius 3 is 2.38 bits per heavy atom. The van der Waals surface area contributed by atoms with E-state index in [9.17, 15) is 18.0 Å². The van der Waals surface area contributed by atoms with Crippen molar-refractivity contribution in [3.8, 4) is 22.5 Å². The second-order valence-electron chi connectivity index (χ2n) is 6.41. The number of imide groups is 1. The maximum atomic E-state index is 12.2. The number of nitrogens with one attached hydrogen (secondary N) is 2. The maximum Gasteiger partial charge on any atom is 0.287 e.